The van der Waals surface area contributed by atoms with Crippen LogP contribution in [-0.2, 0) is 11.2 Å². The number of alkyl halides is 2. The molecule has 0 unspecified atom stereocenters. The third-order valence-corrected chi connectivity index (χ3v) is 5.75. The van der Waals surface area contributed by atoms with Crippen molar-refractivity contribution in [3.8, 4) is 5.75 Å². The van der Waals surface area contributed by atoms with Crippen LogP contribution in [0.2, 0.25) is 0 Å². The first-order valence-corrected chi connectivity index (χ1v) is 9.70. The van der Waals surface area contributed by atoms with Gasteiger partial charge >= 0.3 is 5.97 Å². The minimum atomic E-state index is -1.11. The Kier molecular flexibility index (Phi) is 5.49. The number of halogens is 3. The van der Waals surface area contributed by atoms with Crippen LogP contribution in [0.1, 0.15) is 21.7 Å². The highest BCUT2D eigenvalue weighted by Crippen LogP contribution is 2.39. The molecule has 24 heavy (non-hydrogen) atoms. The number of hydrogen-bond donors (Lipinski definition) is 0. The van der Waals surface area contributed by atoms with Crippen molar-refractivity contribution in [1.82, 2.24) is 0 Å². The van der Waals surface area contributed by atoms with Gasteiger partial charge in [0.25, 0.3) is 5.91 Å². The minimum Gasteiger partial charge on any atom is -0.421 e. The van der Waals surface area contributed by atoms with E-state index in [2.05, 4.69) is 15.9 Å². The molecule has 8 heteroatoms. The summed E-state index contributed by atoms with van der Waals surface area (Å²) in [4.78, 5) is 25.3. The van der Waals surface area contributed by atoms with Crippen LogP contribution in [0.3, 0.4) is 0 Å². The van der Waals surface area contributed by atoms with Crippen molar-refractivity contribution in [2.24, 2.45) is 0 Å². The standard InChI is InChI=1S/C16H12BrCl2NO3S/c17-13-9-3-1-7-20(15(21)14(18)19)10(9)5-6-11(13)23-16(22)12-4-2-8-24-12/h2,4-6,8,14H,1,3,7H2. The van der Waals surface area contributed by atoms with Gasteiger partial charge in [-0.3, -0.25) is 4.79 Å². The van der Waals surface area contributed by atoms with Crippen molar-refractivity contribution in [3.05, 3.63) is 44.6 Å². The number of esters is 1. The number of anilines is 1. The highest BCUT2D eigenvalue weighted by atomic mass is 79.9. The number of carbonyl (C=O) groups is 2. The maximum absolute atomic E-state index is 12.2. The van der Waals surface area contributed by atoms with Gasteiger partial charge in [-0.15, -0.1) is 11.3 Å². The van der Waals surface area contributed by atoms with Gasteiger partial charge in [-0.05, 0) is 57.9 Å². The molecule has 1 aliphatic heterocycles. The van der Waals surface area contributed by atoms with Crippen LogP contribution in [0.4, 0.5) is 5.69 Å². The van der Waals surface area contributed by atoms with E-state index in [-0.39, 0.29) is 5.91 Å². The zero-order chi connectivity index (χ0) is 17.3. The van der Waals surface area contributed by atoms with Crippen molar-refractivity contribution in [1.29, 1.82) is 0 Å². The zero-order valence-electron chi connectivity index (χ0n) is 12.3. The molecule has 0 spiro atoms. The molecule has 0 atom stereocenters. The van der Waals surface area contributed by atoms with E-state index in [4.69, 9.17) is 27.9 Å². The van der Waals surface area contributed by atoms with Crippen LogP contribution in [0.5, 0.6) is 5.75 Å². The summed E-state index contributed by atoms with van der Waals surface area (Å²) in [5.74, 6) is -0.333. The quantitative estimate of drug-likeness (QED) is 0.384. The van der Waals surface area contributed by atoms with Gasteiger partial charge in [0.1, 0.15) is 10.6 Å². The van der Waals surface area contributed by atoms with Crippen molar-refractivity contribution in [2.45, 2.75) is 17.7 Å². The van der Waals surface area contributed by atoms with E-state index in [1.165, 1.54) is 11.3 Å². The van der Waals surface area contributed by atoms with Crippen LogP contribution in [0.25, 0.3) is 0 Å². The summed E-state index contributed by atoms with van der Waals surface area (Å²) < 4.78 is 6.14. The molecule has 0 radical (unpaired) electrons. The van der Waals surface area contributed by atoms with Gasteiger partial charge in [0, 0.05) is 12.2 Å². The molecule has 2 heterocycles. The van der Waals surface area contributed by atoms with E-state index in [1.54, 1.807) is 29.2 Å². The minimum absolute atomic E-state index is 0.352. The number of ether oxygens (including phenoxy) is 1. The second kappa shape index (κ2) is 7.44. The molecule has 0 N–H and O–H groups in total. The van der Waals surface area contributed by atoms with Gasteiger partial charge in [-0.2, -0.15) is 0 Å². The van der Waals surface area contributed by atoms with E-state index in [1.807, 2.05) is 5.38 Å². The van der Waals surface area contributed by atoms with Gasteiger partial charge < -0.3 is 9.64 Å². The first-order valence-electron chi connectivity index (χ1n) is 7.15. The van der Waals surface area contributed by atoms with E-state index >= 15 is 0 Å². The molecular weight excluding hydrogens is 437 g/mol. The lowest BCUT2D eigenvalue weighted by atomic mass is 10.0. The fraction of sp³-hybridized carbons (Fsp3) is 0.250. The summed E-state index contributed by atoms with van der Waals surface area (Å²) in [6, 6.07) is 6.92. The first-order chi connectivity index (χ1) is 11.5. The fourth-order valence-electron chi connectivity index (χ4n) is 2.59. The molecule has 1 aromatic carbocycles. The predicted molar refractivity (Wildman–Crippen MR) is 99.6 cm³/mol. The maximum atomic E-state index is 12.2. The van der Waals surface area contributed by atoms with Crippen LogP contribution >= 0.6 is 50.5 Å². The third-order valence-electron chi connectivity index (χ3n) is 3.66. The molecule has 126 valence electrons. The summed E-state index contributed by atoms with van der Waals surface area (Å²) >= 11 is 16.3. The van der Waals surface area contributed by atoms with Crippen molar-refractivity contribution in [3.63, 3.8) is 0 Å². The van der Waals surface area contributed by atoms with Gasteiger partial charge in [0.05, 0.1) is 4.47 Å². The molecule has 4 nitrogen and oxygen atoms in total. The Balaban J connectivity index is 1.90. The number of nitrogens with zero attached hydrogens (tertiary/aromatic N) is 1. The normalized spacial score (nSPS) is 13.8. The van der Waals surface area contributed by atoms with Crippen molar-refractivity contribution < 1.29 is 14.3 Å². The highest BCUT2D eigenvalue weighted by Gasteiger charge is 2.28. The summed E-state index contributed by atoms with van der Waals surface area (Å²) in [5, 5.41) is 1.82. The summed E-state index contributed by atoms with van der Waals surface area (Å²) in [5.41, 5.74) is 1.64. The van der Waals surface area contributed by atoms with Gasteiger partial charge in [-0.1, -0.05) is 29.3 Å². The van der Waals surface area contributed by atoms with Crippen LogP contribution in [0.15, 0.2) is 34.1 Å². The Morgan fingerprint density at radius 3 is 2.75 bits per heavy atom. The monoisotopic (exact) mass is 447 g/mol. The SMILES string of the molecule is O=C(Oc1ccc2c(c1Br)CCCN2C(=O)C(Cl)Cl)c1cccs1. The molecule has 0 fully saturated rings. The van der Waals surface area contributed by atoms with E-state index in [9.17, 15) is 9.59 Å². The number of rotatable bonds is 3. The maximum Gasteiger partial charge on any atom is 0.353 e. The lowest BCUT2D eigenvalue weighted by molar-refractivity contribution is -0.117. The lowest BCUT2D eigenvalue weighted by Crippen LogP contribution is -2.38. The second-order valence-electron chi connectivity index (χ2n) is 5.14. The van der Waals surface area contributed by atoms with E-state index in [0.717, 1.165) is 24.1 Å². The molecule has 0 saturated heterocycles. The Bertz CT molecular complexity index is 780. The summed E-state index contributed by atoms with van der Waals surface area (Å²) in [6.07, 6.45) is 1.54. The third kappa shape index (κ3) is 3.47. The molecule has 1 amide bonds. The predicted octanol–water partition coefficient (Wildman–Crippen LogP) is 4.81. The topological polar surface area (TPSA) is 46.6 Å². The smallest absolute Gasteiger partial charge is 0.353 e. The number of hydrogen-bond acceptors (Lipinski definition) is 4. The second-order valence-corrected chi connectivity index (χ2v) is 7.97. The number of fused-ring (bicyclic) bond motifs is 1. The number of thiophene rings is 1. The summed E-state index contributed by atoms with van der Waals surface area (Å²) in [7, 11) is 0. The molecular formula is C16H12BrCl2NO3S. The Labute approximate surface area is 161 Å². The van der Waals surface area contributed by atoms with E-state index < -0.39 is 10.8 Å². The fourth-order valence-corrected chi connectivity index (χ4v) is 4.03. The summed E-state index contributed by atoms with van der Waals surface area (Å²) in [6.45, 7) is 0.558. The van der Waals surface area contributed by atoms with E-state index in [0.29, 0.717) is 21.6 Å². The van der Waals surface area contributed by atoms with Crippen LogP contribution < -0.4 is 9.64 Å². The van der Waals surface area contributed by atoms with Gasteiger partial charge in [0.15, 0.2) is 4.84 Å². The molecule has 3 rings (SSSR count). The average molecular weight is 449 g/mol. The van der Waals surface area contributed by atoms with Crippen molar-refractivity contribution in [2.75, 3.05) is 11.4 Å². The Morgan fingerprint density at radius 2 is 2.08 bits per heavy atom. The van der Waals surface area contributed by atoms with Crippen molar-refractivity contribution >= 4 is 68.0 Å². The Hall–Kier alpha value is -1.08. The number of carbonyl (C=O) groups excluding carboxylic acids is 2. The largest absolute Gasteiger partial charge is 0.421 e. The van der Waals surface area contributed by atoms with Gasteiger partial charge in [-0.25, -0.2) is 4.79 Å². The molecule has 1 aromatic heterocycles. The molecule has 0 bridgehead atoms. The Morgan fingerprint density at radius 1 is 1.29 bits per heavy atom. The van der Waals surface area contributed by atoms with Gasteiger partial charge in [0.2, 0.25) is 0 Å². The van der Waals surface area contributed by atoms with Crippen LogP contribution in [-0.4, -0.2) is 23.3 Å². The lowest BCUT2D eigenvalue weighted by Gasteiger charge is -2.31. The molecule has 1 aliphatic rings. The zero-order valence-corrected chi connectivity index (χ0v) is 16.2. The first kappa shape index (κ1) is 17.7. The highest BCUT2D eigenvalue weighted by molar-refractivity contribution is 9.10. The van der Waals surface area contributed by atoms with Crippen LogP contribution in [0, 0.1) is 0 Å². The molecule has 0 aliphatic carbocycles. The number of amides is 1. The number of benzene rings is 1. The average Bonchev–Trinajstić information content (AvgIpc) is 3.11. The molecule has 2 aromatic rings. The molecule has 0 saturated carbocycles.